The Morgan fingerprint density at radius 1 is 0.690 bits per heavy atom. The topological polar surface area (TPSA) is 66.6 Å². The maximum Gasteiger partial charge on any atom is 0.161 e. The summed E-state index contributed by atoms with van der Waals surface area (Å²) in [6.45, 7) is 10.4. The third kappa shape index (κ3) is 8.39. The number of thiophene rings is 1. The molecule has 0 unspecified atom stereocenters. The highest BCUT2D eigenvalue weighted by Gasteiger charge is 2.20. The Bertz CT molecular complexity index is 4040. The fraction of sp³-hybridized carbons (Fsp3) is 0.0615. The van der Waals surface area contributed by atoms with E-state index in [9.17, 15) is 5.41 Å². The standard InChI is InChI=1S/C65H50N4OS/c1-5-8-20-43(7-3)45-23-16-26-49(39-45)65(68-64(66)48-25-15-24-46(38-48)44-21-11-10-12-22-44)67-41-50-27-17-34-59-61(50)54-40-47(36-37-58(54)70-59)52-29-19-35-60-62(52)53-30-18-33-57(63(53)71-60)69-55(31-9-6-2)42(4)51-28-13-14-32-56(51)69/h6-41,66H,2,5H2,1,3-4H3/b20-8-,31-9-,43-7+,66-64?,67-41?,68-65?. The Morgan fingerprint density at radius 2 is 1.45 bits per heavy atom. The normalized spacial score (nSPS) is 12.6. The number of hydrogen-bond acceptors (Lipinski definition) is 3. The van der Waals surface area contributed by atoms with E-state index in [1.165, 1.54) is 36.6 Å². The van der Waals surface area contributed by atoms with Gasteiger partial charge in [-0.3, -0.25) is 5.41 Å². The Balaban J connectivity index is 1.03. The van der Waals surface area contributed by atoms with Crippen LogP contribution in [-0.2, 0) is 0 Å². The van der Waals surface area contributed by atoms with Crippen molar-refractivity contribution in [2.45, 2.75) is 27.2 Å². The van der Waals surface area contributed by atoms with Gasteiger partial charge >= 0.3 is 0 Å². The van der Waals surface area contributed by atoms with Crippen LogP contribution < -0.4 is 0 Å². The molecule has 11 rings (SSSR count). The molecule has 8 aromatic carbocycles. The van der Waals surface area contributed by atoms with Gasteiger partial charge in [-0.15, -0.1) is 11.3 Å². The molecule has 5 nitrogen and oxygen atoms in total. The molecule has 6 heteroatoms. The van der Waals surface area contributed by atoms with Gasteiger partial charge in [-0.05, 0) is 114 Å². The van der Waals surface area contributed by atoms with Gasteiger partial charge in [0.15, 0.2) is 11.7 Å². The lowest BCUT2D eigenvalue weighted by Gasteiger charge is -2.11. The second-order valence-corrected chi connectivity index (χ2v) is 18.6. The molecule has 0 aliphatic heterocycles. The summed E-state index contributed by atoms with van der Waals surface area (Å²) in [5.74, 6) is 0.558. The van der Waals surface area contributed by atoms with Gasteiger partial charge in [-0.1, -0.05) is 171 Å². The summed E-state index contributed by atoms with van der Waals surface area (Å²) in [6.07, 6.45) is 15.3. The van der Waals surface area contributed by atoms with Crippen molar-refractivity contribution < 1.29 is 4.42 Å². The fourth-order valence-corrected chi connectivity index (χ4v) is 11.0. The predicted molar refractivity (Wildman–Crippen MR) is 305 cm³/mol. The zero-order chi connectivity index (χ0) is 48.4. The summed E-state index contributed by atoms with van der Waals surface area (Å²) in [5.41, 5.74) is 15.2. The van der Waals surface area contributed by atoms with Gasteiger partial charge < -0.3 is 8.98 Å². The minimum atomic E-state index is 0.123. The molecular formula is C65H50N4OS. The summed E-state index contributed by atoms with van der Waals surface area (Å²) >= 11 is 1.84. The van der Waals surface area contributed by atoms with Crippen molar-refractivity contribution in [3.63, 3.8) is 0 Å². The number of amidine groups is 2. The Kier molecular flexibility index (Phi) is 12.2. The molecule has 0 radical (unpaired) electrons. The van der Waals surface area contributed by atoms with Crippen LogP contribution in [0.25, 0.3) is 92.6 Å². The van der Waals surface area contributed by atoms with Crippen LogP contribution in [0.15, 0.2) is 227 Å². The first-order valence-electron chi connectivity index (χ1n) is 24.0. The number of para-hydroxylation sites is 1. The van der Waals surface area contributed by atoms with Gasteiger partial charge in [0, 0.05) is 60.2 Å². The second-order valence-electron chi connectivity index (χ2n) is 17.6. The Hall–Kier alpha value is -8.71. The molecule has 3 heterocycles. The van der Waals surface area contributed by atoms with Crippen molar-refractivity contribution in [1.29, 1.82) is 5.41 Å². The van der Waals surface area contributed by atoms with Crippen molar-refractivity contribution in [3.8, 4) is 27.9 Å². The average Bonchev–Trinajstić information content (AvgIpc) is 4.09. The molecule has 0 aliphatic rings. The van der Waals surface area contributed by atoms with E-state index in [0.717, 1.165) is 84.3 Å². The number of aryl methyl sites for hydroxylation is 1. The summed E-state index contributed by atoms with van der Waals surface area (Å²) in [4.78, 5) is 10.1. The number of furan rings is 1. The number of hydrogen-bond donors (Lipinski definition) is 1. The van der Waals surface area contributed by atoms with Gasteiger partial charge in [0.1, 0.15) is 11.2 Å². The zero-order valence-corrected chi connectivity index (χ0v) is 40.7. The average molecular weight is 935 g/mol. The molecule has 0 aliphatic carbocycles. The number of aliphatic imine (C=N–C) groups is 2. The largest absolute Gasteiger partial charge is 0.456 e. The lowest BCUT2D eigenvalue weighted by Crippen LogP contribution is -2.05. The number of fused-ring (bicyclic) bond motifs is 7. The van der Waals surface area contributed by atoms with E-state index >= 15 is 0 Å². The smallest absolute Gasteiger partial charge is 0.161 e. The van der Waals surface area contributed by atoms with E-state index in [4.69, 9.17) is 14.4 Å². The van der Waals surface area contributed by atoms with Crippen LogP contribution in [0.4, 0.5) is 0 Å². The third-order valence-electron chi connectivity index (χ3n) is 13.2. The zero-order valence-electron chi connectivity index (χ0n) is 39.9. The summed E-state index contributed by atoms with van der Waals surface area (Å²) in [6, 6.07) is 61.1. The quantitative estimate of drug-likeness (QED) is 0.0784. The van der Waals surface area contributed by atoms with E-state index in [-0.39, 0.29) is 5.84 Å². The van der Waals surface area contributed by atoms with Gasteiger partial charge in [-0.2, -0.15) is 0 Å². The minimum absolute atomic E-state index is 0.123. The first-order valence-corrected chi connectivity index (χ1v) is 24.8. The highest BCUT2D eigenvalue weighted by molar-refractivity contribution is 7.26. The SMILES string of the molecule is C=C/C=C\c1c(C)c2ccccc2n1-c1cccc2c1sc1cccc(-c3ccc4oc5cccc(C=NC(=NC(=N)c6cccc(-c7ccccc7)c6)c6cccc(C(/C=C\CC)=C/C)c6)c5c4c3)c12. The molecule has 71 heavy (non-hydrogen) atoms. The maximum atomic E-state index is 9.35. The number of rotatable bonds is 11. The molecule has 342 valence electrons. The van der Waals surface area contributed by atoms with E-state index in [0.29, 0.717) is 11.4 Å². The first kappa shape index (κ1) is 44.8. The number of allylic oxidation sites excluding steroid dienone is 6. The van der Waals surface area contributed by atoms with Crippen molar-refractivity contribution in [2.24, 2.45) is 9.98 Å². The number of benzene rings is 8. The Morgan fingerprint density at radius 3 is 2.31 bits per heavy atom. The second kappa shape index (κ2) is 19.4. The van der Waals surface area contributed by atoms with E-state index in [1.54, 1.807) is 0 Å². The van der Waals surface area contributed by atoms with Crippen molar-refractivity contribution in [3.05, 3.63) is 246 Å². The lowest BCUT2D eigenvalue weighted by atomic mass is 9.97. The molecule has 0 spiro atoms. The summed E-state index contributed by atoms with van der Waals surface area (Å²) in [5, 5.41) is 15.0. The molecule has 0 atom stereocenters. The van der Waals surface area contributed by atoms with Crippen LogP contribution in [0.2, 0.25) is 0 Å². The highest BCUT2D eigenvalue weighted by atomic mass is 32.1. The van der Waals surface area contributed by atoms with Gasteiger partial charge in [0.05, 0.1) is 15.9 Å². The van der Waals surface area contributed by atoms with Gasteiger partial charge in [0.25, 0.3) is 0 Å². The van der Waals surface area contributed by atoms with Crippen molar-refractivity contribution >= 4 is 93.9 Å². The lowest BCUT2D eigenvalue weighted by molar-refractivity contribution is 0.669. The van der Waals surface area contributed by atoms with Crippen LogP contribution >= 0.6 is 11.3 Å². The molecule has 0 saturated heterocycles. The van der Waals surface area contributed by atoms with E-state index < -0.39 is 0 Å². The fourth-order valence-electron chi connectivity index (χ4n) is 9.81. The summed E-state index contributed by atoms with van der Waals surface area (Å²) < 4.78 is 11.4. The maximum absolute atomic E-state index is 9.35. The molecule has 0 fully saturated rings. The van der Waals surface area contributed by atoms with Crippen LogP contribution in [0, 0.1) is 12.3 Å². The van der Waals surface area contributed by atoms with E-state index in [2.05, 4.69) is 171 Å². The molecule has 1 N–H and O–H groups in total. The monoisotopic (exact) mass is 934 g/mol. The van der Waals surface area contributed by atoms with Gasteiger partial charge in [0.2, 0.25) is 0 Å². The Labute approximate surface area is 417 Å². The molecule has 0 saturated carbocycles. The predicted octanol–water partition coefficient (Wildman–Crippen LogP) is 18.0. The molecule has 11 aromatic rings. The van der Waals surface area contributed by atoms with Crippen LogP contribution in [0.5, 0.6) is 0 Å². The van der Waals surface area contributed by atoms with Crippen molar-refractivity contribution in [2.75, 3.05) is 0 Å². The first-order chi connectivity index (χ1) is 34.9. The van der Waals surface area contributed by atoms with Crippen LogP contribution in [-0.4, -0.2) is 22.5 Å². The minimum Gasteiger partial charge on any atom is -0.456 e. The molecular weight excluding hydrogens is 885 g/mol. The number of aromatic nitrogens is 1. The molecule has 0 bridgehead atoms. The molecule has 3 aromatic heterocycles. The highest BCUT2D eigenvalue weighted by Crippen LogP contribution is 2.45. The van der Waals surface area contributed by atoms with Gasteiger partial charge in [-0.25, -0.2) is 9.98 Å². The third-order valence-corrected chi connectivity index (χ3v) is 14.4. The van der Waals surface area contributed by atoms with Crippen LogP contribution in [0.1, 0.15) is 53.8 Å². The van der Waals surface area contributed by atoms with Crippen molar-refractivity contribution in [1.82, 2.24) is 4.57 Å². The number of nitrogens with zero attached hydrogens (tertiary/aromatic N) is 3. The number of nitrogens with one attached hydrogen (secondary N) is 1. The summed E-state index contributed by atoms with van der Waals surface area (Å²) in [7, 11) is 0. The van der Waals surface area contributed by atoms with Crippen LogP contribution in [0.3, 0.4) is 0 Å². The van der Waals surface area contributed by atoms with E-state index in [1.807, 2.05) is 90.4 Å². The molecule has 0 amide bonds.